The molecule has 712 valence electrons. The normalized spacial score (nSPS) is 19.6. The van der Waals surface area contributed by atoms with E-state index in [1.54, 1.807) is 45.9 Å². The second-order valence-corrected chi connectivity index (χ2v) is 35.9. The van der Waals surface area contributed by atoms with Crippen molar-refractivity contribution >= 4 is 39.8 Å². The minimum atomic E-state index is -4.54. The van der Waals surface area contributed by atoms with Gasteiger partial charge in [-0.15, -0.1) is 20.5 Å². The number of ether oxygens (including phenoxy) is 5. The maximum Gasteiger partial charge on any atom is 0.442 e. The van der Waals surface area contributed by atoms with Gasteiger partial charge in [-0.05, 0) is 168 Å². The highest BCUT2D eigenvalue weighted by molar-refractivity contribution is 8.76. The van der Waals surface area contributed by atoms with Gasteiger partial charge in [-0.1, -0.05) is 188 Å². The summed E-state index contributed by atoms with van der Waals surface area (Å²) in [7, 11) is 3.22. The largest absolute Gasteiger partial charge is 0.442 e. The Balaban J connectivity index is 0.000000223. The predicted octanol–water partition coefficient (Wildman–Crippen LogP) is 14.5. The molecule has 0 saturated carbocycles. The molecule has 6 aliphatic heterocycles. The number of nitrogens with one attached hydrogen (secondary N) is 1. The highest BCUT2D eigenvalue weighted by atomic mass is 33.1. The molecule has 0 amide bonds. The molecule has 12 atom stereocenters. The summed E-state index contributed by atoms with van der Waals surface area (Å²) in [5, 5.41) is 135. The summed E-state index contributed by atoms with van der Waals surface area (Å²) in [6.45, 7) is 13.4. The second-order valence-electron chi connectivity index (χ2n) is 33.3. The first-order valence-electron chi connectivity index (χ1n) is 43.2. The zero-order chi connectivity index (χ0) is 93.2. The first kappa shape index (κ1) is 108. The molecule has 0 bridgehead atoms. The SMILES string of the molecule is C.CC1(c2ccc(CCC(O)COCC(O)CCc3ccc(C4(C(F)(F)F)N=N4)cc3)cc2)N=N1.CC1(c2ccc(CCC(O)COCC(O)CNO)cc2)C=N1.CCC(=O)CCC(O)COCC(O)CCc1ccc(C2(C)C=N2)cc1.CCC(O)COCC(O)CCc1ccc(C2(C(F)(F)F)N=N2)cc1.CSSCC(O)COCC(O)CCc1ccc(C2(C)N=N2)cc1. The van der Waals surface area contributed by atoms with Crippen LogP contribution in [-0.4, -0.2) is 232 Å². The van der Waals surface area contributed by atoms with E-state index in [2.05, 4.69) is 125 Å². The monoisotopic (exact) mass is 1850 g/mol. The number of aliphatic hydroxyl groups excluding tert-OH is 10. The van der Waals surface area contributed by atoms with Crippen LogP contribution in [-0.2, 0) is 101 Å². The Kier molecular flexibility index (Phi) is 43.8. The topological polar surface area (TPSA) is 421 Å². The van der Waals surface area contributed by atoms with E-state index < -0.39 is 90.4 Å². The van der Waals surface area contributed by atoms with Gasteiger partial charge in [-0.25, -0.2) is 5.48 Å². The van der Waals surface area contributed by atoms with Crippen LogP contribution in [0.3, 0.4) is 0 Å². The number of hydrogen-bond acceptors (Lipinski definition) is 30. The zero-order valence-corrected chi connectivity index (χ0v) is 75.1. The number of aliphatic hydroxyl groups is 10. The number of rotatable bonds is 54. The average molecular weight is 1850 g/mol. The third kappa shape index (κ3) is 37.4. The molecule has 12 unspecified atom stereocenters. The Morgan fingerprint density at radius 3 is 0.829 bits per heavy atom. The molecule has 0 radical (unpaired) electrons. The van der Waals surface area contributed by atoms with Crippen LogP contribution in [0.25, 0.3) is 0 Å². The van der Waals surface area contributed by atoms with Crippen molar-refractivity contribution in [1.82, 2.24) is 5.48 Å². The molecule has 12 N–H and O–H groups in total. The van der Waals surface area contributed by atoms with Crippen molar-refractivity contribution in [2.24, 2.45) is 50.9 Å². The minimum absolute atomic E-state index is 0. The molecule has 0 spiro atoms. The van der Waals surface area contributed by atoms with Gasteiger partial charge >= 0.3 is 23.7 Å². The highest BCUT2D eigenvalue weighted by Gasteiger charge is 2.66. The molecule has 36 heteroatoms. The van der Waals surface area contributed by atoms with E-state index in [1.807, 2.05) is 88.3 Å². The number of ketones is 1. The molecule has 0 aromatic heterocycles. The minimum Gasteiger partial charge on any atom is -0.391 e. The van der Waals surface area contributed by atoms with Crippen LogP contribution in [0, 0.1) is 0 Å². The maximum atomic E-state index is 13.0. The number of carbonyl (C=O) groups is 1. The lowest BCUT2D eigenvalue weighted by molar-refractivity contribution is -0.166. The van der Waals surface area contributed by atoms with Gasteiger partial charge in [0.15, 0.2) is 0 Å². The smallest absolute Gasteiger partial charge is 0.391 e. The predicted molar refractivity (Wildman–Crippen MR) is 481 cm³/mol. The standard InChI is InChI=1S/C24H27F3N4O3.C20H29NO4.C16H21F3N2O3.C16H24N2O4.C16H24N2O3S2.CH4/c1-22(28-29-22)18-8-2-16(3-9-18)6-12-20(32)14-34-15-21(33)13-7-17-4-10-19(11-5-17)23(30-31-23)24(25,26)27;1-3-17(22)10-11-19(24)13-25-12-18(23)9-6-15-4-7-16(8-5-15)20(2)14-21-20;1-2-13(22)9-24-10-14(23)8-5-11-3-6-12(7-4-11)15(20-21-15)16(17,18)19;1-16(11-17-16)13-5-2-12(3-6-13)4-7-14(19)9-22-10-15(20)8-18-21;1-16(17-18-16)13-6-3-12(4-7-13)5-8-14(19)9-21-10-15(20)11-23-22-2;/h2-5,8-11,20-21,32-33H,6-7,12-15H2,1H3;4-5,7-8,14,18-19,23-24H,3,6,9-13H2,1-2H3;3-4,6-7,13-14,22-23H,2,5,8-10H2,1H3;2-3,5-6,11,14-15,18-21H,4,7-10H2,1H3;3-4,6-7,14-15,19-20H,5,8-11H2,1-2H3;1H4. The lowest BCUT2D eigenvalue weighted by Gasteiger charge is -2.16. The van der Waals surface area contributed by atoms with Gasteiger partial charge in [0.2, 0.25) is 11.3 Å². The molecule has 6 heterocycles. The maximum absolute atomic E-state index is 13.0. The summed E-state index contributed by atoms with van der Waals surface area (Å²) < 4.78 is 104. The number of aliphatic imine (C=N–C) groups is 2. The third-order valence-corrected chi connectivity index (χ3v) is 23.9. The van der Waals surface area contributed by atoms with Gasteiger partial charge in [0.25, 0.3) is 0 Å². The second kappa shape index (κ2) is 52.1. The number of halogens is 6. The van der Waals surface area contributed by atoms with E-state index in [9.17, 15) is 82.2 Å². The summed E-state index contributed by atoms with van der Waals surface area (Å²) in [4.78, 5) is 19.7. The van der Waals surface area contributed by atoms with E-state index >= 15 is 0 Å². The van der Waals surface area contributed by atoms with Crippen molar-refractivity contribution in [3.8, 4) is 0 Å². The number of aryl methyl sites for hydroxylation is 6. The quantitative estimate of drug-likeness (QED) is 0.00958. The molecule has 129 heavy (non-hydrogen) atoms. The van der Waals surface area contributed by atoms with Gasteiger partial charge in [0.05, 0.1) is 127 Å². The van der Waals surface area contributed by atoms with Crippen LogP contribution in [0.1, 0.15) is 180 Å². The summed E-state index contributed by atoms with van der Waals surface area (Å²) in [6, 6.07) is 44.6. The van der Waals surface area contributed by atoms with E-state index in [0.717, 1.165) is 52.6 Å². The van der Waals surface area contributed by atoms with E-state index in [1.165, 1.54) is 46.5 Å². The van der Waals surface area contributed by atoms with Crippen LogP contribution in [0.2, 0.25) is 0 Å². The highest BCUT2D eigenvalue weighted by Crippen LogP contribution is 2.54. The number of alkyl halides is 6. The Hall–Kier alpha value is -7.67. The van der Waals surface area contributed by atoms with E-state index in [-0.39, 0.29) is 114 Å². The molecule has 0 fully saturated rings. The molecular formula is C93H129F6N11O17S2. The summed E-state index contributed by atoms with van der Waals surface area (Å²) in [5.74, 6) is 0.786. The van der Waals surface area contributed by atoms with Crippen LogP contribution in [0.5, 0.6) is 0 Å². The van der Waals surface area contributed by atoms with Crippen molar-refractivity contribution in [3.63, 3.8) is 0 Å². The molecule has 6 aromatic rings. The molecule has 12 rings (SSSR count). The van der Waals surface area contributed by atoms with Crippen LogP contribution >= 0.6 is 21.6 Å². The van der Waals surface area contributed by atoms with Gasteiger partial charge in [0.1, 0.15) is 16.9 Å². The summed E-state index contributed by atoms with van der Waals surface area (Å²) in [6.07, 6.45) is -0.309. The van der Waals surface area contributed by atoms with Crippen LogP contribution < -0.4 is 5.48 Å². The first-order chi connectivity index (χ1) is 60.9. The lowest BCUT2D eigenvalue weighted by Crippen LogP contribution is -2.30. The number of hydrogen-bond donors (Lipinski definition) is 12. The molecular weight excluding hydrogens is 1720 g/mol. The van der Waals surface area contributed by atoms with E-state index in [4.69, 9.17) is 28.9 Å². The fraction of sp³-hybridized carbons (Fsp3) is 0.581. The molecule has 6 aliphatic rings. The summed E-state index contributed by atoms with van der Waals surface area (Å²) >= 11 is 0. The number of Topliss-reactive ketones (excluding diaryl/α,β-unsaturated/α-hetero) is 1. The van der Waals surface area contributed by atoms with E-state index in [0.29, 0.717) is 89.2 Å². The Morgan fingerprint density at radius 1 is 0.364 bits per heavy atom. The van der Waals surface area contributed by atoms with Crippen molar-refractivity contribution in [2.75, 3.05) is 84.6 Å². The van der Waals surface area contributed by atoms with Crippen molar-refractivity contribution in [3.05, 3.63) is 212 Å². The first-order valence-corrected chi connectivity index (χ1v) is 45.9. The molecule has 28 nitrogen and oxygen atoms in total. The Labute approximate surface area is 759 Å². The Morgan fingerprint density at radius 2 is 0.605 bits per heavy atom. The lowest BCUT2D eigenvalue weighted by atomic mass is 9.97. The molecule has 6 aromatic carbocycles. The van der Waals surface area contributed by atoms with Gasteiger partial charge < -0.3 is 80.0 Å². The van der Waals surface area contributed by atoms with Crippen molar-refractivity contribution in [2.45, 2.75) is 259 Å². The fourth-order valence-electron chi connectivity index (χ4n) is 12.8. The summed E-state index contributed by atoms with van der Waals surface area (Å²) in [5.41, 5.74) is 6.86. The average Bonchev–Trinajstić information content (AvgIpc) is 1.58. The van der Waals surface area contributed by atoms with Crippen molar-refractivity contribution < 1.29 is 111 Å². The number of benzene rings is 6. The van der Waals surface area contributed by atoms with Crippen molar-refractivity contribution in [1.29, 1.82) is 0 Å². The third-order valence-electron chi connectivity index (χ3n) is 22.0. The number of carbonyl (C=O) groups excluding carboxylic acids is 1. The molecule has 0 aliphatic carbocycles. The van der Waals surface area contributed by atoms with Gasteiger partial charge in [0, 0.05) is 59.8 Å². The molecule has 0 saturated heterocycles. The van der Waals surface area contributed by atoms with Gasteiger partial charge in [-0.2, -0.15) is 46.8 Å². The Bertz CT molecular complexity index is 4440. The fourth-order valence-corrected chi connectivity index (χ4v) is 14.1. The number of hydroxylamine groups is 1. The van der Waals surface area contributed by atoms with Crippen LogP contribution in [0.15, 0.2) is 196 Å². The zero-order valence-electron chi connectivity index (χ0n) is 73.5. The number of nitrogens with zero attached hydrogens (tertiary/aromatic N) is 10. The van der Waals surface area contributed by atoms with Gasteiger partial charge in [-0.3, -0.25) is 14.8 Å². The van der Waals surface area contributed by atoms with Crippen LogP contribution in [0.4, 0.5) is 26.3 Å².